The summed E-state index contributed by atoms with van der Waals surface area (Å²) in [4.78, 5) is 12.0. The van der Waals surface area contributed by atoms with Crippen molar-refractivity contribution in [3.63, 3.8) is 0 Å². The standard InChI is InChI=1S/C21H29N3O2/c22-12-14-26-20-11-10-18(15-19(20)23)16-21(25)24-13-6-2-5-9-17-7-3-1-4-8-17/h1,3-4,7-8,10-11,15H,2,5-6,9,12-14,16,22-23H2,(H,24,25). The van der Waals surface area contributed by atoms with Crippen molar-refractivity contribution in [2.24, 2.45) is 5.73 Å². The van der Waals surface area contributed by atoms with E-state index in [1.807, 2.05) is 12.1 Å². The lowest BCUT2D eigenvalue weighted by atomic mass is 10.1. The van der Waals surface area contributed by atoms with Crippen LogP contribution < -0.4 is 21.5 Å². The van der Waals surface area contributed by atoms with Gasteiger partial charge in [0.25, 0.3) is 0 Å². The summed E-state index contributed by atoms with van der Waals surface area (Å²) in [7, 11) is 0. The predicted molar refractivity (Wildman–Crippen MR) is 106 cm³/mol. The molecule has 0 aliphatic rings. The fraction of sp³-hybridized carbons (Fsp3) is 0.381. The van der Waals surface area contributed by atoms with Crippen molar-refractivity contribution in [1.82, 2.24) is 5.32 Å². The first-order valence-electron chi connectivity index (χ1n) is 9.21. The maximum atomic E-state index is 12.0. The lowest BCUT2D eigenvalue weighted by Gasteiger charge is -2.10. The molecule has 26 heavy (non-hydrogen) atoms. The molecule has 0 unspecified atom stereocenters. The molecule has 5 N–H and O–H groups in total. The van der Waals surface area contributed by atoms with Crippen molar-refractivity contribution < 1.29 is 9.53 Å². The SMILES string of the molecule is NCCOc1ccc(CC(=O)NCCCCCc2ccccc2)cc1N. The normalized spacial score (nSPS) is 10.5. The molecule has 140 valence electrons. The number of hydrogen-bond donors (Lipinski definition) is 3. The van der Waals surface area contributed by atoms with Gasteiger partial charge in [0, 0.05) is 13.1 Å². The van der Waals surface area contributed by atoms with Crippen LogP contribution in [0.2, 0.25) is 0 Å². The van der Waals surface area contributed by atoms with Crippen molar-refractivity contribution in [2.75, 3.05) is 25.4 Å². The third kappa shape index (κ3) is 7.15. The fourth-order valence-corrected chi connectivity index (χ4v) is 2.76. The summed E-state index contributed by atoms with van der Waals surface area (Å²) in [5, 5.41) is 2.97. The van der Waals surface area contributed by atoms with Crippen LogP contribution in [0, 0.1) is 0 Å². The monoisotopic (exact) mass is 355 g/mol. The van der Waals surface area contributed by atoms with Gasteiger partial charge in [0.1, 0.15) is 12.4 Å². The summed E-state index contributed by atoms with van der Waals surface area (Å²) < 4.78 is 5.43. The number of benzene rings is 2. The van der Waals surface area contributed by atoms with E-state index in [1.165, 1.54) is 5.56 Å². The van der Waals surface area contributed by atoms with E-state index in [-0.39, 0.29) is 5.91 Å². The van der Waals surface area contributed by atoms with Crippen LogP contribution in [0.5, 0.6) is 5.75 Å². The second-order valence-corrected chi connectivity index (χ2v) is 6.33. The van der Waals surface area contributed by atoms with E-state index in [0.717, 1.165) is 31.2 Å². The van der Waals surface area contributed by atoms with Crippen LogP contribution in [0.15, 0.2) is 48.5 Å². The number of amides is 1. The molecule has 0 bridgehead atoms. The van der Waals surface area contributed by atoms with Crippen LogP contribution in [0.3, 0.4) is 0 Å². The Hall–Kier alpha value is -2.53. The van der Waals surface area contributed by atoms with Crippen molar-refractivity contribution in [2.45, 2.75) is 32.1 Å². The van der Waals surface area contributed by atoms with Gasteiger partial charge in [-0.05, 0) is 42.5 Å². The third-order valence-electron chi connectivity index (χ3n) is 4.12. The van der Waals surface area contributed by atoms with E-state index >= 15 is 0 Å². The zero-order valence-corrected chi connectivity index (χ0v) is 15.2. The van der Waals surface area contributed by atoms with E-state index in [1.54, 1.807) is 12.1 Å². The van der Waals surface area contributed by atoms with E-state index in [9.17, 15) is 4.79 Å². The molecule has 2 rings (SSSR count). The van der Waals surface area contributed by atoms with Gasteiger partial charge in [-0.2, -0.15) is 0 Å². The topological polar surface area (TPSA) is 90.4 Å². The van der Waals surface area contributed by atoms with Gasteiger partial charge in [-0.3, -0.25) is 4.79 Å². The number of anilines is 1. The van der Waals surface area contributed by atoms with E-state index in [2.05, 4.69) is 29.6 Å². The molecule has 2 aromatic carbocycles. The molecular weight excluding hydrogens is 326 g/mol. The molecule has 0 aliphatic heterocycles. The number of carbonyl (C=O) groups is 1. The molecule has 0 radical (unpaired) electrons. The zero-order chi connectivity index (χ0) is 18.6. The Balaban J connectivity index is 1.62. The Kier molecular flexibility index (Phi) is 8.49. The maximum Gasteiger partial charge on any atom is 0.224 e. The minimum Gasteiger partial charge on any atom is -0.490 e. The first-order valence-corrected chi connectivity index (χ1v) is 9.21. The van der Waals surface area contributed by atoms with Crippen LogP contribution in [0.4, 0.5) is 5.69 Å². The van der Waals surface area contributed by atoms with Gasteiger partial charge in [0.05, 0.1) is 12.1 Å². The number of hydrogen-bond acceptors (Lipinski definition) is 4. The Bertz CT molecular complexity index is 674. The van der Waals surface area contributed by atoms with Gasteiger partial charge in [0.2, 0.25) is 5.91 Å². The molecule has 0 aliphatic carbocycles. The minimum absolute atomic E-state index is 0.0167. The molecule has 0 saturated carbocycles. The smallest absolute Gasteiger partial charge is 0.224 e. The number of carbonyl (C=O) groups excluding carboxylic acids is 1. The van der Waals surface area contributed by atoms with E-state index in [0.29, 0.717) is 37.6 Å². The quantitative estimate of drug-likeness (QED) is 0.427. The van der Waals surface area contributed by atoms with Crippen molar-refractivity contribution in [1.29, 1.82) is 0 Å². The largest absolute Gasteiger partial charge is 0.490 e. The fourth-order valence-electron chi connectivity index (χ4n) is 2.76. The molecular formula is C21H29N3O2. The highest BCUT2D eigenvalue weighted by Gasteiger charge is 2.06. The zero-order valence-electron chi connectivity index (χ0n) is 15.2. The molecule has 0 fully saturated rings. The third-order valence-corrected chi connectivity index (χ3v) is 4.12. The second kappa shape index (κ2) is 11.2. The van der Waals surface area contributed by atoms with Crippen LogP contribution in [-0.2, 0) is 17.6 Å². The molecule has 0 atom stereocenters. The average molecular weight is 355 g/mol. The molecule has 2 aromatic rings. The first-order chi connectivity index (χ1) is 12.7. The molecule has 0 saturated heterocycles. The summed E-state index contributed by atoms with van der Waals surface area (Å²) in [6, 6.07) is 15.9. The Morgan fingerprint density at radius 1 is 1.00 bits per heavy atom. The summed E-state index contributed by atoms with van der Waals surface area (Å²) in [6.07, 6.45) is 4.65. The van der Waals surface area contributed by atoms with E-state index < -0.39 is 0 Å². The van der Waals surface area contributed by atoms with Crippen molar-refractivity contribution in [3.8, 4) is 5.75 Å². The Morgan fingerprint density at radius 3 is 2.54 bits per heavy atom. The highest BCUT2D eigenvalue weighted by molar-refractivity contribution is 5.79. The molecule has 0 spiro atoms. The minimum atomic E-state index is 0.0167. The van der Waals surface area contributed by atoms with Gasteiger partial charge in [-0.25, -0.2) is 0 Å². The number of nitrogens with one attached hydrogen (secondary N) is 1. The summed E-state index contributed by atoms with van der Waals surface area (Å²) in [5.74, 6) is 0.626. The van der Waals surface area contributed by atoms with Gasteiger partial charge in [-0.1, -0.05) is 42.8 Å². The Morgan fingerprint density at radius 2 is 1.81 bits per heavy atom. The number of ether oxygens (including phenoxy) is 1. The lowest BCUT2D eigenvalue weighted by molar-refractivity contribution is -0.120. The second-order valence-electron chi connectivity index (χ2n) is 6.33. The average Bonchev–Trinajstić information content (AvgIpc) is 2.65. The summed E-state index contributed by atoms with van der Waals surface area (Å²) >= 11 is 0. The number of unbranched alkanes of at least 4 members (excludes halogenated alkanes) is 2. The lowest BCUT2D eigenvalue weighted by Crippen LogP contribution is -2.26. The highest BCUT2D eigenvalue weighted by atomic mass is 16.5. The van der Waals surface area contributed by atoms with Gasteiger partial charge in [0.15, 0.2) is 0 Å². The summed E-state index contributed by atoms with van der Waals surface area (Å²) in [5.41, 5.74) is 14.1. The van der Waals surface area contributed by atoms with E-state index in [4.69, 9.17) is 16.2 Å². The van der Waals surface area contributed by atoms with Crippen molar-refractivity contribution >= 4 is 11.6 Å². The number of nitrogens with two attached hydrogens (primary N) is 2. The number of nitrogen functional groups attached to an aromatic ring is 1. The molecule has 0 aromatic heterocycles. The van der Waals surface area contributed by atoms with Gasteiger partial charge in [-0.15, -0.1) is 0 Å². The number of rotatable bonds is 11. The van der Waals surface area contributed by atoms with Crippen molar-refractivity contribution in [3.05, 3.63) is 59.7 Å². The molecule has 0 heterocycles. The van der Waals surface area contributed by atoms with Gasteiger partial charge >= 0.3 is 0 Å². The van der Waals surface area contributed by atoms with Crippen LogP contribution in [0.25, 0.3) is 0 Å². The van der Waals surface area contributed by atoms with Crippen LogP contribution >= 0.6 is 0 Å². The van der Waals surface area contributed by atoms with Crippen LogP contribution in [0.1, 0.15) is 30.4 Å². The first kappa shape index (κ1) is 19.8. The maximum absolute atomic E-state index is 12.0. The Labute approximate surface area is 155 Å². The molecule has 5 nitrogen and oxygen atoms in total. The van der Waals surface area contributed by atoms with Gasteiger partial charge < -0.3 is 21.5 Å². The van der Waals surface area contributed by atoms with Crippen LogP contribution in [-0.4, -0.2) is 25.6 Å². The number of aryl methyl sites for hydroxylation is 1. The predicted octanol–water partition coefficient (Wildman–Crippen LogP) is 2.68. The molecule has 1 amide bonds. The summed E-state index contributed by atoms with van der Waals surface area (Å²) in [6.45, 7) is 1.57. The highest BCUT2D eigenvalue weighted by Crippen LogP contribution is 2.22. The molecule has 5 heteroatoms.